The molecule has 0 aliphatic carbocycles. The van der Waals surface area contributed by atoms with Crippen molar-refractivity contribution in [2.45, 2.75) is 13.5 Å². The number of phenols is 1. The van der Waals surface area contributed by atoms with Crippen molar-refractivity contribution < 1.29 is 14.6 Å². The van der Waals surface area contributed by atoms with Gasteiger partial charge in [-0.1, -0.05) is 6.07 Å². The number of nitrogen functional groups attached to an aromatic ring is 1. The van der Waals surface area contributed by atoms with Crippen molar-refractivity contribution in [2.24, 2.45) is 0 Å². The van der Waals surface area contributed by atoms with Crippen LogP contribution in [0.3, 0.4) is 0 Å². The maximum absolute atomic E-state index is 11.8. The molecule has 1 aromatic carbocycles. The van der Waals surface area contributed by atoms with Gasteiger partial charge < -0.3 is 15.6 Å². The van der Waals surface area contributed by atoms with Crippen LogP contribution in [-0.4, -0.2) is 20.9 Å². The van der Waals surface area contributed by atoms with Gasteiger partial charge in [0.05, 0.1) is 0 Å². The number of hydrogen-bond donors (Lipinski definition) is 2. The molecule has 0 saturated heterocycles. The first-order valence-electron chi connectivity index (χ1n) is 5.44. The van der Waals surface area contributed by atoms with Crippen LogP contribution in [0, 0.1) is 0 Å². The highest BCUT2D eigenvalue weighted by atomic mass is 16.5. The predicted molar refractivity (Wildman–Crippen MR) is 65.4 cm³/mol. The van der Waals surface area contributed by atoms with Crippen LogP contribution in [-0.2, 0) is 6.54 Å². The van der Waals surface area contributed by atoms with Crippen LogP contribution in [0.2, 0.25) is 0 Å². The van der Waals surface area contributed by atoms with Gasteiger partial charge in [-0.05, 0) is 19.1 Å². The fraction of sp³-hybridized carbons (Fsp3) is 0.167. The van der Waals surface area contributed by atoms with Crippen LogP contribution in [0.5, 0.6) is 11.5 Å². The summed E-state index contributed by atoms with van der Waals surface area (Å²) in [4.78, 5) is 11.8. The minimum absolute atomic E-state index is 0.0268. The normalized spacial score (nSPS) is 10.3. The third-order valence-electron chi connectivity index (χ3n) is 2.35. The molecule has 94 valence electrons. The van der Waals surface area contributed by atoms with E-state index in [2.05, 4.69) is 5.10 Å². The van der Waals surface area contributed by atoms with Gasteiger partial charge in [0.1, 0.15) is 17.3 Å². The number of nitrogens with zero attached hydrogens (tertiary/aromatic N) is 2. The van der Waals surface area contributed by atoms with E-state index < -0.39 is 5.97 Å². The fourth-order valence-electron chi connectivity index (χ4n) is 1.49. The van der Waals surface area contributed by atoms with Crippen LogP contribution in [0.15, 0.2) is 30.3 Å². The molecule has 0 amide bonds. The second-order valence-corrected chi connectivity index (χ2v) is 3.66. The number of aromatic hydroxyl groups is 1. The standard InChI is InChI=1S/C12H13N3O3/c1-2-15-11(13)7-10(14-15)12(17)18-9-5-3-4-8(16)6-9/h3-7,16H,2,13H2,1H3. The van der Waals surface area contributed by atoms with Crippen molar-refractivity contribution in [3.63, 3.8) is 0 Å². The summed E-state index contributed by atoms with van der Waals surface area (Å²) in [6.45, 7) is 2.44. The van der Waals surface area contributed by atoms with Crippen LogP contribution in [0.4, 0.5) is 5.82 Å². The highest BCUT2D eigenvalue weighted by Crippen LogP contribution is 2.19. The molecule has 0 fully saturated rings. The summed E-state index contributed by atoms with van der Waals surface area (Å²) >= 11 is 0. The highest BCUT2D eigenvalue weighted by Gasteiger charge is 2.14. The summed E-state index contributed by atoms with van der Waals surface area (Å²) in [6, 6.07) is 7.43. The third-order valence-corrected chi connectivity index (χ3v) is 2.35. The minimum atomic E-state index is -0.612. The fourth-order valence-corrected chi connectivity index (χ4v) is 1.49. The Morgan fingerprint density at radius 2 is 2.28 bits per heavy atom. The molecule has 1 heterocycles. The van der Waals surface area contributed by atoms with Crippen LogP contribution in [0.25, 0.3) is 0 Å². The molecular formula is C12H13N3O3. The summed E-state index contributed by atoms with van der Waals surface area (Å²) in [5.41, 5.74) is 5.80. The molecular weight excluding hydrogens is 234 g/mol. The first-order chi connectivity index (χ1) is 8.60. The molecule has 3 N–H and O–H groups in total. The first-order valence-corrected chi connectivity index (χ1v) is 5.44. The molecule has 2 aromatic rings. The minimum Gasteiger partial charge on any atom is -0.508 e. The molecule has 1 aromatic heterocycles. The number of esters is 1. The van der Waals surface area contributed by atoms with E-state index in [-0.39, 0.29) is 17.2 Å². The van der Waals surface area contributed by atoms with Gasteiger partial charge in [0.15, 0.2) is 5.69 Å². The van der Waals surface area contributed by atoms with Gasteiger partial charge in [0.25, 0.3) is 0 Å². The van der Waals surface area contributed by atoms with Crippen molar-refractivity contribution in [3.8, 4) is 11.5 Å². The zero-order valence-electron chi connectivity index (χ0n) is 9.83. The number of aromatic nitrogens is 2. The zero-order chi connectivity index (χ0) is 13.1. The van der Waals surface area contributed by atoms with Crippen molar-refractivity contribution in [2.75, 3.05) is 5.73 Å². The molecule has 0 spiro atoms. The smallest absolute Gasteiger partial charge is 0.364 e. The monoisotopic (exact) mass is 247 g/mol. The van der Waals surface area contributed by atoms with E-state index in [0.29, 0.717) is 12.4 Å². The maximum atomic E-state index is 11.8. The number of carbonyl (C=O) groups excluding carboxylic acids is 1. The molecule has 18 heavy (non-hydrogen) atoms. The van der Waals surface area contributed by atoms with Crippen LogP contribution >= 0.6 is 0 Å². The number of hydrogen-bond acceptors (Lipinski definition) is 5. The summed E-state index contributed by atoms with van der Waals surface area (Å²) in [6.07, 6.45) is 0. The third kappa shape index (κ3) is 2.42. The highest BCUT2D eigenvalue weighted by molar-refractivity contribution is 5.89. The van der Waals surface area contributed by atoms with Crippen LogP contribution in [0.1, 0.15) is 17.4 Å². The lowest BCUT2D eigenvalue weighted by molar-refractivity contribution is 0.0727. The van der Waals surface area contributed by atoms with Gasteiger partial charge in [0, 0.05) is 18.7 Å². The molecule has 0 radical (unpaired) electrons. The Hall–Kier alpha value is -2.50. The largest absolute Gasteiger partial charge is 0.508 e. The van der Waals surface area contributed by atoms with E-state index in [4.69, 9.17) is 10.5 Å². The molecule has 0 atom stereocenters. The van der Waals surface area contributed by atoms with E-state index in [1.54, 1.807) is 12.1 Å². The summed E-state index contributed by atoms with van der Waals surface area (Å²) in [5.74, 6) is 0.0726. The Kier molecular flexibility index (Phi) is 3.18. The maximum Gasteiger partial charge on any atom is 0.364 e. The quantitative estimate of drug-likeness (QED) is 0.632. The van der Waals surface area contributed by atoms with E-state index in [1.165, 1.54) is 22.9 Å². The van der Waals surface area contributed by atoms with Gasteiger partial charge in [0.2, 0.25) is 0 Å². The Morgan fingerprint density at radius 3 is 2.89 bits per heavy atom. The SMILES string of the molecule is CCn1nc(C(=O)Oc2cccc(O)c2)cc1N. The number of nitrogens with two attached hydrogens (primary N) is 1. The van der Waals surface area contributed by atoms with E-state index in [0.717, 1.165) is 0 Å². The number of aryl methyl sites for hydroxylation is 1. The van der Waals surface area contributed by atoms with E-state index >= 15 is 0 Å². The lowest BCUT2D eigenvalue weighted by Crippen LogP contribution is -2.10. The predicted octanol–water partition coefficient (Wildman–Crippen LogP) is 1.41. The van der Waals surface area contributed by atoms with Crippen molar-refractivity contribution in [1.29, 1.82) is 0 Å². The van der Waals surface area contributed by atoms with E-state index in [1.807, 2.05) is 6.92 Å². The van der Waals surface area contributed by atoms with Gasteiger partial charge >= 0.3 is 5.97 Å². The van der Waals surface area contributed by atoms with Crippen LogP contribution < -0.4 is 10.5 Å². The molecule has 2 rings (SSSR count). The number of ether oxygens (including phenoxy) is 1. The Balaban J connectivity index is 2.16. The second-order valence-electron chi connectivity index (χ2n) is 3.66. The molecule has 0 bridgehead atoms. The summed E-state index contributed by atoms with van der Waals surface area (Å²) in [7, 11) is 0. The lowest BCUT2D eigenvalue weighted by atomic mass is 10.3. The number of phenolic OH excluding ortho intramolecular Hbond substituents is 1. The topological polar surface area (TPSA) is 90.4 Å². The van der Waals surface area contributed by atoms with Gasteiger partial charge in [-0.3, -0.25) is 0 Å². The molecule has 0 unspecified atom stereocenters. The summed E-state index contributed by atoms with van der Waals surface area (Å²) in [5, 5.41) is 13.3. The molecule has 0 saturated carbocycles. The molecule has 0 aliphatic heterocycles. The Labute approximate surface area is 104 Å². The second kappa shape index (κ2) is 4.79. The molecule has 6 heteroatoms. The number of rotatable bonds is 3. The number of carbonyl (C=O) groups is 1. The zero-order valence-corrected chi connectivity index (χ0v) is 9.83. The Morgan fingerprint density at radius 1 is 1.50 bits per heavy atom. The number of benzene rings is 1. The molecule has 6 nitrogen and oxygen atoms in total. The van der Waals surface area contributed by atoms with E-state index in [9.17, 15) is 9.90 Å². The van der Waals surface area contributed by atoms with Gasteiger partial charge in [-0.25, -0.2) is 9.48 Å². The van der Waals surface area contributed by atoms with Gasteiger partial charge in [-0.2, -0.15) is 5.10 Å². The summed E-state index contributed by atoms with van der Waals surface area (Å²) < 4.78 is 6.56. The first kappa shape index (κ1) is 12.0. The lowest BCUT2D eigenvalue weighted by Gasteiger charge is -2.02. The van der Waals surface area contributed by atoms with Crippen molar-refractivity contribution >= 4 is 11.8 Å². The van der Waals surface area contributed by atoms with Crippen molar-refractivity contribution in [1.82, 2.24) is 9.78 Å². The van der Waals surface area contributed by atoms with Crippen molar-refractivity contribution in [3.05, 3.63) is 36.0 Å². The number of anilines is 1. The van der Waals surface area contributed by atoms with Gasteiger partial charge in [-0.15, -0.1) is 0 Å². The average Bonchev–Trinajstić information content (AvgIpc) is 2.70. The average molecular weight is 247 g/mol. The Bertz CT molecular complexity index is 578. The molecule has 0 aliphatic rings.